The van der Waals surface area contributed by atoms with E-state index in [4.69, 9.17) is 14.5 Å². The molecule has 0 unspecified atom stereocenters. The summed E-state index contributed by atoms with van der Waals surface area (Å²) in [7, 11) is 0. The number of hydrogen-bond acceptors (Lipinski definition) is 5. The number of carbonyl (C=O) groups excluding carboxylic acids is 1. The Bertz CT molecular complexity index is 1180. The standard InChI is InChI=1S/C26H22N2O3S/c29-25-24(16-21-11-12-22-23(15-21)31-14-13-30-22)32-26(27-17-19-7-3-1-4-8-19)28(25)18-20-9-5-2-6-10-20/h1-12,15-16H,13-14,17-18H2/b24-16-,27-26-. The first kappa shape index (κ1) is 20.4. The smallest absolute Gasteiger partial charge is 0.267 e. The number of amides is 1. The third-order valence-electron chi connectivity index (χ3n) is 5.18. The number of carbonyl (C=O) groups is 1. The van der Waals surface area contributed by atoms with Crippen LogP contribution in [0.25, 0.3) is 6.08 Å². The topological polar surface area (TPSA) is 51.1 Å². The SMILES string of the molecule is O=C1/C(=C/c2ccc3c(c2)OCCO3)S/C(=N\Cc2ccccc2)N1Cc1ccccc1. The van der Waals surface area contributed by atoms with Gasteiger partial charge in [-0.1, -0.05) is 66.7 Å². The summed E-state index contributed by atoms with van der Waals surface area (Å²) in [5.74, 6) is 1.40. The molecule has 5 nitrogen and oxygen atoms in total. The van der Waals surface area contributed by atoms with Crippen LogP contribution in [0.3, 0.4) is 0 Å². The highest BCUT2D eigenvalue weighted by Crippen LogP contribution is 2.36. The predicted octanol–water partition coefficient (Wildman–Crippen LogP) is 5.13. The van der Waals surface area contributed by atoms with Crippen molar-refractivity contribution in [3.63, 3.8) is 0 Å². The van der Waals surface area contributed by atoms with Gasteiger partial charge in [0.05, 0.1) is 18.0 Å². The van der Waals surface area contributed by atoms with Gasteiger partial charge in [-0.15, -0.1) is 0 Å². The Balaban J connectivity index is 1.44. The van der Waals surface area contributed by atoms with E-state index in [0.29, 0.717) is 42.1 Å². The van der Waals surface area contributed by atoms with Crippen LogP contribution in [-0.2, 0) is 17.9 Å². The summed E-state index contributed by atoms with van der Waals surface area (Å²) >= 11 is 1.41. The number of fused-ring (bicyclic) bond motifs is 1. The second-order valence-corrected chi connectivity index (χ2v) is 8.48. The molecule has 2 aliphatic heterocycles. The summed E-state index contributed by atoms with van der Waals surface area (Å²) in [5.41, 5.74) is 3.07. The second kappa shape index (κ2) is 9.32. The lowest BCUT2D eigenvalue weighted by Crippen LogP contribution is -2.28. The largest absolute Gasteiger partial charge is 0.486 e. The number of rotatable bonds is 5. The van der Waals surface area contributed by atoms with Crippen molar-refractivity contribution in [2.24, 2.45) is 4.99 Å². The Hall–Kier alpha value is -3.51. The van der Waals surface area contributed by atoms with Crippen LogP contribution in [0.1, 0.15) is 16.7 Å². The number of ether oxygens (including phenoxy) is 2. The van der Waals surface area contributed by atoms with E-state index >= 15 is 0 Å². The number of thioether (sulfide) groups is 1. The van der Waals surface area contributed by atoms with Crippen LogP contribution in [0.15, 0.2) is 88.8 Å². The molecule has 1 saturated heterocycles. The molecule has 1 amide bonds. The van der Waals surface area contributed by atoms with Crippen molar-refractivity contribution in [1.29, 1.82) is 0 Å². The first-order chi connectivity index (χ1) is 15.8. The number of nitrogens with zero attached hydrogens (tertiary/aromatic N) is 2. The van der Waals surface area contributed by atoms with E-state index in [9.17, 15) is 4.79 Å². The summed E-state index contributed by atoms with van der Waals surface area (Å²) in [6.07, 6.45) is 1.90. The fourth-order valence-electron chi connectivity index (χ4n) is 3.57. The molecule has 3 aromatic carbocycles. The lowest BCUT2D eigenvalue weighted by Gasteiger charge is -2.18. The predicted molar refractivity (Wildman–Crippen MR) is 128 cm³/mol. The normalized spacial score (nSPS) is 17.9. The second-order valence-electron chi connectivity index (χ2n) is 7.48. The van der Waals surface area contributed by atoms with E-state index in [0.717, 1.165) is 22.4 Å². The summed E-state index contributed by atoms with van der Waals surface area (Å²) in [4.78, 5) is 20.5. The fourth-order valence-corrected chi connectivity index (χ4v) is 4.55. The molecule has 6 heteroatoms. The quantitative estimate of drug-likeness (QED) is 0.514. The van der Waals surface area contributed by atoms with Gasteiger partial charge in [-0.05, 0) is 46.7 Å². The molecule has 0 atom stereocenters. The Morgan fingerprint density at radius 3 is 2.31 bits per heavy atom. The van der Waals surface area contributed by atoms with Gasteiger partial charge in [-0.3, -0.25) is 14.7 Å². The number of amidine groups is 1. The minimum atomic E-state index is -0.0412. The molecule has 2 heterocycles. The van der Waals surface area contributed by atoms with Crippen LogP contribution >= 0.6 is 11.8 Å². The zero-order valence-corrected chi connectivity index (χ0v) is 18.3. The van der Waals surface area contributed by atoms with E-state index in [1.54, 1.807) is 4.90 Å². The zero-order chi connectivity index (χ0) is 21.8. The number of hydrogen-bond donors (Lipinski definition) is 0. The van der Waals surface area contributed by atoms with Crippen molar-refractivity contribution < 1.29 is 14.3 Å². The van der Waals surface area contributed by atoms with Gasteiger partial charge >= 0.3 is 0 Å². The first-order valence-electron chi connectivity index (χ1n) is 10.5. The molecule has 2 aliphatic rings. The summed E-state index contributed by atoms with van der Waals surface area (Å²) in [5, 5.41) is 0.714. The molecule has 1 fully saturated rings. The van der Waals surface area contributed by atoms with Crippen LogP contribution in [0, 0.1) is 0 Å². The van der Waals surface area contributed by atoms with E-state index in [-0.39, 0.29) is 5.91 Å². The molecule has 0 spiro atoms. The Labute approximate surface area is 191 Å². The zero-order valence-electron chi connectivity index (χ0n) is 17.4. The van der Waals surface area contributed by atoms with Crippen LogP contribution in [0.4, 0.5) is 0 Å². The van der Waals surface area contributed by atoms with Gasteiger partial charge in [0, 0.05) is 0 Å². The maximum Gasteiger partial charge on any atom is 0.267 e. The van der Waals surface area contributed by atoms with Crippen molar-refractivity contribution in [3.8, 4) is 11.5 Å². The van der Waals surface area contributed by atoms with E-state index in [1.165, 1.54) is 11.8 Å². The van der Waals surface area contributed by atoms with Gasteiger partial charge in [-0.2, -0.15) is 0 Å². The number of benzene rings is 3. The van der Waals surface area contributed by atoms with E-state index in [1.807, 2.05) is 84.9 Å². The van der Waals surface area contributed by atoms with Crippen LogP contribution in [0.2, 0.25) is 0 Å². The van der Waals surface area contributed by atoms with Gasteiger partial charge in [-0.25, -0.2) is 0 Å². The maximum absolute atomic E-state index is 13.3. The molecule has 0 bridgehead atoms. The monoisotopic (exact) mass is 442 g/mol. The average Bonchev–Trinajstić information content (AvgIpc) is 3.13. The van der Waals surface area contributed by atoms with Gasteiger partial charge in [0.25, 0.3) is 5.91 Å². The third kappa shape index (κ3) is 4.55. The molecular weight excluding hydrogens is 420 g/mol. The molecule has 32 heavy (non-hydrogen) atoms. The first-order valence-corrected chi connectivity index (χ1v) is 11.3. The molecule has 3 aromatic rings. The molecule has 0 aliphatic carbocycles. The van der Waals surface area contributed by atoms with Crippen molar-refractivity contribution in [3.05, 3.63) is 100 Å². The van der Waals surface area contributed by atoms with E-state index in [2.05, 4.69) is 0 Å². The molecule has 0 aromatic heterocycles. The van der Waals surface area contributed by atoms with Gasteiger partial charge in [0.1, 0.15) is 13.2 Å². The molecule has 0 saturated carbocycles. The molecule has 0 radical (unpaired) electrons. The van der Waals surface area contributed by atoms with Crippen molar-refractivity contribution >= 4 is 28.9 Å². The summed E-state index contributed by atoms with van der Waals surface area (Å²) < 4.78 is 11.3. The van der Waals surface area contributed by atoms with Gasteiger partial charge < -0.3 is 9.47 Å². The van der Waals surface area contributed by atoms with Gasteiger partial charge in [0.15, 0.2) is 16.7 Å². The third-order valence-corrected chi connectivity index (χ3v) is 6.22. The minimum Gasteiger partial charge on any atom is -0.486 e. The Kier molecular flexibility index (Phi) is 5.94. The lowest BCUT2D eigenvalue weighted by atomic mass is 10.1. The van der Waals surface area contributed by atoms with Crippen molar-refractivity contribution in [2.45, 2.75) is 13.1 Å². The molecular formula is C26H22N2O3S. The summed E-state index contributed by atoms with van der Waals surface area (Å²) in [6, 6.07) is 25.8. The molecule has 0 N–H and O–H groups in total. The molecule has 160 valence electrons. The van der Waals surface area contributed by atoms with Crippen LogP contribution in [0.5, 0.6) is 11.5 Å². The number of aliphatic imine (C=N–C) groups is 1. The average molecular weight is 443 g/mol. The summed E-state index contributed by atoms with van der Waals surface area (Å²) in [6.45, 7) is 2.09. The van der Waals surface area contributed by atoms with Crippen LogP contribution < -0.4 is 9.47 Å². The molecule has 5 rings (SSSR count). The highest BCUT2D eigenvalue weighted by Gasteiger charge is 2.33. The fraction of sp³-hybridized carbons (Fsp3) is 0.154. The van der Waals surface area contributed by atoms with Crippen LogP contribution in [-0.4, -0.2) is 29.2 Å². The Morgan fingerprint density at radius 1 is 0.875 bits per heavy atom. The van der Waals surface area contributed by atoms with Crippen molar-refractivity contribution in [2.75, 3.05) is 13.2 Å². The van der Waals surface area contributed by atoms with Gasteiger partial charge in [0.2, 0.25) is 0 Å². The van der Waals surface area contributed by atoms with Crippen molar-refractivity contribution in [1.82, 2.24) is 4.90 Å². The van der Waals surface area contributed by atoms with E-state index < -0.39 is 0 Å². The lowest BCUT2D eigenvalue weighted by molar-refractivity contribution is -0.122. The highest BCUT2D eigenvalue weighted by molar-refractivity contribution is 8.18. The highest BCUT2D eigenvalue weighted by atomic mass is 32.2. The Morgan fingerprint density at radius 2 is 1.56 bits per heavy atom. The maximum atomic E-state index is 13.3. The minimum absolute atomic E-state index is 0.0412.